The molecule has 192 valence electrons. The predicted molar refractivity (Wildman–Crippen MR) is 137 cm³/mol. The summed E-state index contributed by atoms with van der Waals surface area (Å²) in [6.07, 6.45) is 3.81. The van der Waals surface area contributed by atoms with Crippen molar-refractivity contribution in [3.8, 4) is 0 Å². The number of thiophene rings is 2. The topological polar surface area (TPSA) is 148 Å². The van der Waals surface area contributed by atoms with E-state index in [0.29, 0.717) is 0 Å². The first-order chi connectivity index (χ1) is 17.1. The van der Waals surface area contributed by atoms with Crippen LogP contribution in [0, 0.1) is 0 Å². The first kappa shape index (κ1) is 26.1. The monoisotopic (exact) mass is 569 g/mol. The van der Waals surface area contributed by atoms with E-state index in [0.717, 1.165) is 48.4 Å². The van der Waals surface area contributed by atoms with Gasteiger partial charge < -0.3 is 10.1 Å². The van der Waals surface area contributed by atoms with Gasteiger partial charge in [-0.3, -0.25) is 14.2 Å². The van der Waals surface area contributed by atoms with E-state index in [1.807, 2.05) is 0 Å². The molecule has 1 saturated carbocycles. The number of nitrogens with one attached hydrogen (secondary N) is 3. The molecule has 14 heteroatoms. The standard InChI is InChI=1S/C22H23N3O7S4/c26-19(23-16-5-1-2-6-16)14-32-22(27)15-11-17(24-35(28,29)20-7-3-9-33-20)13-18(12-15)25-36(30,31)21-8-4-10-34-21/h3-4,7-13,16,24-25H,1-2,5-6,14H2,(H,23,26). The van der Waals surface area contributed by atoms with Gasteiger partial charge in [0.25, 0.3) is 26.0 Å². The maximum atomic E-state index is 12.7. The van der Waals surface area contributed by atoms with Crippen LogP contribution in [0.3, 0.4) is 0 Å². The van der Waals surface area contributed by atoms with E-state index in [9.17, 15) is 26.4 Å². The minimum absolute atomic E-state index is 0.0415. The lowest BCUT2D eigenvalue weighted by Gasteiger charge is -2.14. The fourth-order valence-corrected chi connectivity index (χ4v) is 7.73. The van der Waals surface area contributed by atoms with Gasteiger partial charge in [-0.15, -0.1) is 22.7 Å². The molecule has 2 heterocycles. The molecule has 4 rings (SSSR count). The Morgan fingerprint density at radius 1 is 0.861 bits per heavy atom. The highest BCUT2D eigenvalue weighted by Crippen LogP contribution is 2.27. The Balaban J connectivity index is 1.56. The molecule has 0 bridgehead atoms. The van der Waals surface area contributed by atoms with Crippen molar-refractivity contribution >= 4 is 66.0 Å². The van der Waals surface area contributed by atoms with Gasteiger partial charge in [0, 0.05) is 6.04 Å². The molecule has 1 fully saturated rings. The van der Waals surface area contributed by atoms with Gasteiger partial charge in [0.1, 0.15) is 8.42 Å². The first-order valence-corrected chi connectivity index (χ1v) is 15.6. The summed E-state index contributed by atoms with van der Waals surface area (Å²) in [4.78, 5) is 24.9. The molecular weight excluding hydrogens is 547 g/mol. The molecule has 0 spiro atoms. The Labute approximate surface area is 216 Å². The van der Waals surface area contributed by atoms with Crippen LogP contribution in [0.5, 0.6) is 0 Å². The lowest BCUT2D eigenvalue weighted by Crippen LogP contribution is -2.35. The number of benzene rings is 1. The normalized spacial score (nSPS) is 14.3. The van der Waals surface area contributed by atoms with Crippen molar-refractivity contribution in [1.82, 2.24) is 5.32 Å². The Morgan fingerprint density at radius 2 is 1.39 bits per heavy atom. The van der Waals surface area contributed by atoms with Crippen LogP contribution in [-0.2, 0) is 29.6 Å². The molecule has 0 saturated heterocycles. The second kappa shape index (κ2) is 11.0. The van der Waals surface area contributed by atoms with Gasteiger partial charge in [0.15, 0.2) is 6.61 Å². The zero-order valence-electron chi connectivity index (χ0n) is 18.8. The van der Waals surface area contributed by atoms with E-state index in [1.165, 1.54) is 30.3 Å². The number of anilines is 2. The Hall–Kier alpha value is -2.94. The van der Waals surface area contributed by atoms with Gasteiger partial charge in [0.05, 0.1) is 16.9 Å². The van der Waals surface area contributed by atoms with Gasteiger partial charge in [0.2, 0.25) is 0 Å². The molecule has 3 aromatic rings. The molecule has 36 heavy (non-hydrogen) atoms. The largest absolute Gasteiger partial charge is 0.452 e. The van der Waals surface area contributed by atoms with Crippen molar-refractivity contribution in [1.29, 1.82) is 0 Å². The number of esters is 1. The van der Waals surface area contributed by atoms with E-state index in [4.69, 9.17) is 4.74 Å². The number of hydrogen-bond donors (Lipinski definition) is 3. The maximum absolute atomic E-state index is 12.7. The highest BCUT2D eigenvalue weighted by atomic mass is 32.3. The second-order valence-electron chi connectivity index (χ2n) is 8.00. The molecule has 1 aliphatic rings. The third-order valence-electron chi connectivity index (χ3n) is 5.25. The SMILES string of the molecule is O=C(COC(=O)c1cc(NS(=O)(=O)c2cccs2)cc(NS(=O)(=O)c2cccs2)c1)NC1CCCC1. The van der Waals surface area contributed by atoms with E-state index in [2.05, 4.69) is 14.8 Å². The fraction of sp³-hybridized carbons (Fsp3) is 0.273. The Kier molecular flexibility index (Phi) is 7.97. The van der Waals surface area contributed by atoms with Crippen LogP contribution in [0.1, 0.15) is 36.0 Å². The van der Waals surface area contributed by atoms with Gasteiger partial charge in [-0.2, -0.15) is 0 Å². The van der Waals surface area contributed by atoms with Crippen molar-refractivity contribution in [3.63, 3.8) is 0 Å². The number of ether oxygens (including phenoxy) is 1. The van der Waals surface area contributed by atoms with Crippen LogP contribution < -0.4 is 14.8 Å². The molecule has 10 nitrogen and oxygen atoms in total. The van der Waals surface area contributed by atoms with E-state index < -0.39 is 38.5 Å². The average Bonchev–Trinajstić information content (AvgIpc) is 3.60. The van der Waals surface area contributed by atoms with Crippen LogP contribution in [0.25, 0.3) is 0 Å². The average molecular weight is 570 g/mol. The quantitative estimate of drug-likeness (QED) is 0.316. The number of amides is 1. The molecule has 2 aromatic heterocycles. The molecule has 0 unspecified atom stereocenters. The number of carbonyl (C=O) groups excluding carboxylic acids is 2. The number of sulfonamides is 2. The van der Waals surface area contributed by atoms with Crippen LogP contribution in [-0.4, -0.2) is 41.4 Å². The lowest BCUT2D eigenvalue weighted by molar-refractivity contribution is -0.124. The maximum Gasteiger partial charge on any atom is 0.338 e. The fourth-order valence-electron chi connectivity index (χ4n) is 3.66. The molecular formula is C22H23N3O7S4. The molecule has 1 aliphatic carbocycles. The van der Waals surface area contributed by atoms with E-state index >= 15 is 0 Å². The third kappa shape index (κ3) is 6.63. The zero-order chi connectivity index (χ0) is 25.8. The summed E-state index contributed by atoms with van der Waals surface area (Å²) in [7, 11) is -7.96. The molecule has 1 amide bonds. The van der Waals surface area contributed by atoms with Gasteiger partial charge >= 0.3 is 5.97 Å². The summed E-state index contributed by atoms with van der Waals surface area (Å²) in [5.74, 6) is -1.35. The number of rotatable bonds is 10. The molecule has 0 aliphatic heterocycles. The third-order valence-corrected chi connectivity index (χ3v) is 10.8. The summed E-state index contributed by atoms with van der Waals surface area (Å²) in [5, 5.41) is 6.00. The van der Waals surface area contributed by atoms with Crippen molar-refractivity contribution < 1.29 is 31.2 Å². The van der Waals surface area contributed by atoms with Crippen molar-refractivity contribution in [2.75, 3.05) is 16.1 Å². The molecule has 1 aromatic carbocycles. The van der Waals surface area contributed by atoms with Crippen molar-refractivity contribution in [2.45, 2.75) is 40.1 Å². The number of hydrogen-bond acceptors (Lipinski definition) is 9. The van der Waals surface area contributed by atoms with Crippen LogP contribution in [0.4, 0.5) is 11.4 Å². The molecule has 0 radical (unpaired) electrons. The highest BCUT2D eigenvalue weighted by Gasteiger charge is 2.22. The van der Waals surface area contributed by atoms with Gasteiger partial charge in [-0.1, -0.05) is 25.0 Å². The Bertz CT molecular complexity index is 1340. The van der Waals surface area contributed by atoms with Crippen molar-refractivity contribution in [2.24, 2.45) is 0 Å². The lowest BCUT2D eigenvalue weighted by atomic mass is 10.2. The summed E-state index contributed by atoms with van der Waals surface area (Å²) in [5.41, 5.74) is -0.256. The van der Waals surface area contributed by atoms with E-state index in [1.54, 1.807) is 22.9 Å². The highest BCUT2D eigenvalue weighted by molar-refractivity contribution is 7.95. The van der Waals surface area contributed by atoms with Crippen LogP contribution in [0.2, 0.25) is 0 Å². The first-order valence-electron chi connectivity index (χ1n) is 10.9. The van der Waals surface area contributed by atoms with Gasteiger partial charge in [-0.25, -0.2) is 21.6 Å². The molecule has 0 atom stereocenters. The minimum atomic E-state index is -3.98. The summed E-state index contributed by atoms with van der Waals surface area (Å²) in [6.45, 7) is -0.517. The smallest absolute Gasteiger partial charge is 0.338 e. The van der Waals surface area contributed by atoms with E-state index in [-0.39, 0.29) is 31.4 Å². The summed E-state index contributed by atoms with van der Waals surface area (Å²) in [6, 6.07) is 9.71. The predicted octanol–water partition coefficient (Wildman–Crippen LogP) is 3.63. The van der Waals surface area contributed by atoms with Gasteiger partial charge in [-0.05, 0) is 53.9 Å². The molecule has 3 N–H and O–H groups in total. The summed E-state index contributed by atoms with van der Waals surface area (Å²) < 4.78 is 60.7. The van der Waals surface area contributed by atoms with Crippen LogP contribution >= 0.6 is 22.7 Å². The van der Waals surface area contributed by atoms with Crippen molar-refractivity contribution in [3.05, 3.63) is 58.8 Å². The second-order valence-corrected chi connectivity index (χ2v) is 13.7. The number of carbonyl (C=O) groups is 2. The van der Waals surface area contributed by atoms with Crippen LogP contribution in [0.15, 0.2) is 61.6 Å². The summed E-state index contributed by atoms with van der Waals surface area (Å²) >= 11 is 2.00. The minimum Gasteiger partial charge on any atom is -0.452 e. The zero-order valence-corrected chi connectivity index (χ0v) is 22.1. The Morgan fingerprint density at radius 3 is 1.86 bits per heavy atom.